The molecule has 4 heterocycles. The van der Waals surface area contributed by atoms with Gasteiger partial charge in [0.05, 0.1) is 10.7 Å². The number of likely N-dealkylation sites (tertiary alicyclic amines) is 1. The molecular formula is C24H24BrF2N7O. The molecule has 0 bridgehead atoms. The highest BCUT2D eigenvalue weighted by atomic mass is 79.9. The number of nitrogens with one attached hydrogen (secondary N) is 2. The molecule has 0 aliphatic carbocycles. The fourth-order valence-electron chi connectivity index (χ4n) is 4.39. The summed E-state index contributed by atoms with van der Waals surface area (Å²) in [5, 5.41) is 10.5. The molecule has 0 spiro atoms. The Morgan fingerprint density at radius 2 is 1.91 bits per heavy atom. The smallest absolute Gasteiger partial charge is 0.321 e. The van der Waals surface area contributed by atoms with Gasteiger partial charge in [-0.05, 0) is 47.0 Å². The lowest BCUT2D eigenvalue weighted by Gasteiger charge is -2.32. The highest BCUT2D eigenvalue weighted by molar-refractivity contribution is 9.10. The molecule has 35 heavy (non-hydrogen) atoms. The zero-order valence-electron chi connectivity index (χ0n) is 18.8. The Kier molecular flexibility index (Phi) is 6.76. The number of rotatable bonds is 5. The third kappa shape index (κ3) is 5.34. The van der Waals surface area contributed by atoms with Gasteiger partial charge in [0.15, 0.2) is 5.65 Å². The first-order valence-electron chi connectivity index (χ1n) is 11.4. The lowest BCUT2D eigenvalue weighted by molar-refractivity contribution is 0.194. The van der Waals surface area contributed by atoms with Crippen LogP contribution >= 0.6 is 15.9 Å². The number of anilines is 2. The molecule has 1 fully saturated rings. The molecule has 0 saturated carbocycles. The van der Waals surface area contributed by atoms with Crippen LogP contribution in [0.4, 0.5) is 25.1 Å². The number of aliphatic imine (C=N–C) groups is 1. The van der Waals surface area contributed by atoms with E-state index >= 15 is 0 Å². The van der Waals surface area contributed by atoms with Gasteiger partial charge < -0.3 is 15.5 Å². The Morgan fingerprint density at radius 3 is 2.63 bits per heavy atom. The maximum atomic E-state index is 13.4. The number of carbonyl (C=O) groups is 1. The normalized spacial score (nSPS) is 18.3. The van der Waals surface area contributed by atoms with E-state index < -0.39 is 11.6 Å². The van der Waals surface area contributed by atoms with Gasteiger partial charge in [-0.1, -0.05) is 6.08 Å². The highest BCUT2D eigenvalue weighted by Gasteiger charge is 2.26. The minimum absolute atomic E-state index is 0.0987. The third-order valence-corrected chi connectivity index (χ3v) is 6.78. The van der Waals surface area contributed by atoms with Crippen molar-refractivity contribution in [1.29, 1.82) is 0 Å². The predicted octanol–water partition coefficient (Wildman–Crippen LogP) is 4.85. The van der Waals surface area contributed by atoms with E-state index in [9.17, 15) is 13.6 Å². The molecule has 5 rings (SSSR count). The van der Waals surface area contributed by atoms with Gasteiger partial charge in [0.1, 0.15) is 17.5 Å². The second-order valence-corrected chi connectivity index (χ2v) is 9.54. The molecule has 8 nitrogen and oxygen atoms in total. The summed E-state index contributed by atoms with van der Waals surface area (Å²) in [5.74, 6) is -0.144. The predicted molar refractivity (Wildman–Crippen MR) is 134 cm³/mol. The molecule has 2 aromatic heterocycles. The Morgan fingerprint density at radius 1 is 1.14 bits per heavy atom. The third-order valence-electron chi connectivity index (χ3n) is 6.22. The molecule has 1 aromatic carbocycles. The van der Waals surface area contributed by atoms with Crippen molar-refractivity contribution in [3.63, 3.8) is 0 Å². The fourth-order valence-corrected chi connectivity index (χ4v) is 4.74. The van der Waals surface area contributed by atoms with Gasteiger partial charge in [0.2, 0.25) is 0 Å². The summed E-state index contributed by atoms with van der Waals surface area (Å²) >= 11 is 3.54. The van der Waals surface area contributed by atoms with Crippen LogP contribution in [0.2, 0.25) is 0 Å². The van der Waals surface area contributed by atoms with Crippen molar-refractivity contribution in [1.82, 2.24) is 19.5 Å². The summed E-state index contributed by atoms with van der Waals surface area (Å²) in [5.41, 5.74) is 1.77. The number of allylic oxidation sites excluding steroid dienone is 1. The molecule has 1 atom stereocenters. The van der Waals surface area contributed by atoms with E-state index in [1.165, 1.54) is 0 Å². The molecule has 1 unspecified atom stereocenters. The molecule has 182 valence electrons. The quantitative estimate of drug-likeness (QED) is 0.481. The van der Waals surface area contributed by atoms with Crippen LogP contribution < -0.4 is 10.6 Å². The van der Waals surface area contributed by atoms with Crippen LogP contribution in [0.3, 0.4) is 0 Å². The number of aromatic nitrogens is 3. The van der Waals surface area contributed by atoms with Gasteiger partial charge in [-0.2, -0.15) is 9.61 Å². The molecule has 1 saturated heterocycles. The molecule has 2 amide bonds. The summed E-state index contributed by atoms with van der Waals surface area (Å²) in [6.45, 7) is 2.49. The number of carbonyl (C=O) groups excluding carboxylic acids is 1. The van der Waals surface area contributed by atoms with E-state index in [1.807, 2.05) is 18.4 Å². The Labute approximate surface area is 209 Å². The highest BCUT2D eigenvalue weighted by Crippen LogP contribution is 2.31. The molecule has 3 aromatic rings. The zero-order valence-corrected chi connectivity index (χ0v) is 20.4. The largest absolute Gasteiger partial charge is 0.369 e. The average Bonchev–Trinajstić information content (AvgIpc) is 3.23. The molecule has 0 radical (unpaired) electrons. The Hall–Kier alpha value is -3.34. The second-order valence-electron chi connectivity index (χ2n) is 8.68. The van der Waals surface area contributed by atoms with E-state index in [-0.39, 0.29) is 17.6 Å². The minimum Gasteiger partial charge on any atom is -0.369 e. The van der Waals surface area contributed by atoms with E-state index in [4.69, 9.17) is 4.98 Å². The maximum absolute atomic E-state index is 13.4. The van der Waals surface area contributed by atoms with Crippen LogP contribution in [0.5, 0.6) is 0 Å². The molecular weight excluding hydrogens is 520 g/mol. The van der Waals surface area contributed by atoms with Crippen LogP contribution in [0, 0.1) is 17.6 Å². The number of nitrogens with zero attached hydrogens (tertiary/aromatic N) is 5. The lowest BCUT2D eigenvalue weighted by atomic mass is 9.93. The number of fused-ring (bicyclic) bond motifs is 1. The number of piperidine rings is 1. The average molecular weight is 544 g/mol. The van der Waals surface area contributed by atoms with Gasteiger partial charge in [-0.15, -0.1) is 0 Å². The fraction of sp³-hybridized carbons (Fsp3) is 0.333. The summed E-state index contributed by atoms with van der Waals surface area (Å²) in [6, 6.07) is 4.62. The SMILES string of the molecule is O=C(Nc1cc(F)cc(F)c1)N1CCC(c2cc(NCC3C=CC=NC3)n3ncc(Br)c3n2)CC1. The molecule has 2 N–H and O–H groups in total. The summed E-state index contributed by atoms with van der Waals surface area (Å²) in [6.07, 6.45) is 9.08. The first kappa shape index (κ1) is 23.4. The number of benzene rings is 1. The standard InChI is InChI=1S/C24H24BrF2N7O/c25-20-14-30-34-22(29-13-15-2-1-5-28-12-15)11-21(32-23(20)34)16-3-6-33(7-4-16)24(35)31-19-9-17(26)8-18(27)10-19/h1-2,5,8-11,14-16,29H,3-4,6-7,12-13H2,(H,31,35). The van der Waals surface area contributed by atoms with Gasteiger partial charge in [-0.25, -0.2) is 18.6 Å². The van der Waals surface area contributed by atoms with Crippen LogP contribution in [0.25, 0.3) is 5.65 Å². The lowest BCUT2D eigenvalue weighted by Crippen LogP contribution is -2.40. The van der Waals surface area contributed by atoms with Gasteiger partial charge in [0.25, 0.3) is 0 Å². The maximum Gasteiger partial charge on any atom is 0.321 e. The van der Waals surface area contributed by atoms with Crippen molar-refractivity contribution in [3.8, 4) is 0 Å². The molecule has 11 heteroatoms. The first-order valence-corrected chi connectivity index (χ1v) is 12.2. The number of halogens is 3. The molecule has 2 aliphatic heterocycles. The number of urea groups is 1. The van der Waals surface area contributed by atoms with Crippen molar-refractivity contribution < 1.29 is 13.6 Å². The van der Waals surface area contributed by atoms with Crippen molar-refractivity contribution in [2.75, 3.05) is 36.8 Å². The number of amides is 2. The van der Waals surface area contributed by atoms with Crippen molar-refractivity contribution in [2.24, 2.45) is 10.9 Å². The minimum atomic E-state index is -0.733. The second kappa shape index (κ2) is 10.1. The van der Waals surface area contributed by atoms with E-state index in [0.29, 0.717) is 19.0 Å². The van der Waals surface area contributed by atoms with Crippen LogP contribution in [0.15, 0.2) is 52.1 Å². The van der Waals surface area contributed by atoms with Crippen molar-refractivity contribution in [3.05, 3.63) is 64.4 Å². The first-order chi connectivity index (χ1) is 17.0. The van der Waals surface area contributed by atoms with E-state index in [1.54, 1.807) is 15.6 Å². The number of hydrogen-bond donors (Lipinski definition) is 2. The Balaban J connectivity index is 1.26. The number of hydrogen-bond acceptors (Lipinski definition) is 5. The topological polar surface area (TPSA) is 86.9 Å². The van der Waals surface area contributed by atoms with Crippen molar-refractivity contribution in [2.45, 2.75) is 18.8 Å². The molecule has 2 aliphatic rings. The Bertz CT molecular complexity index is 1280. The zero-order chi connectivity index (χ0) is 24.4. The summed E-state index contributed by atoms with van der Waals surface area (Å²) in [4.78, 5) is 23.4. The monoisotopic (exact) mass is 543 g/mol. The van der Waals surface area contributed by atoms with Gasteiger partial charge in [-0.3, -0.25) is 4.99 Å². The van der Waals surface area contributed by atoms with Crippen LogP contribution in [-0.4, -0.2) is 57.9 Å². The van der Waals surface area contributed by atoms with E-state index in [0.717, 1.165) is 65.8 Å². The van der Waals surface area contributed by atoms with E-state index in [2.05, 4.69) is 42.7 Å². The van der Waals surface area contributed by atoms with Gasteiger partial charge in [0, 0.05) is 67.7 Å². The summed E-state index contributed by atoms with van der Waals surface area (Å²) < 4.78 is 29.5. The van der Waals surface area contributed by atoms with Crippen LogP contribution in [0.1, 0.15) is 24.5 Å². The number of dihydropyridines is 1. The summed E-state index contributed by atoms with van der Waals surface area (Å²) in [7, 11) is 0. The van der Waals surface area contributed by atoms with Crippen molar-refractivity contribution >= 4 is 45.3 Å². The van der Waals surface area contributed by atoms with Crippen LogP contribution in [-0.2, 0) is 0 Å². The van der Waals surface area contributed by atoms with Gasteiger partial charge >= 0.3 is 6.03 Å².